The largest absolute Gasteiger partial charge is 0.463 e. The van der Waals surface area contributed by atoms with E-state index in [1.807, 2.05) is 45.9 Å². The topological polar surface area (TPSA) is 59.9 Å². The van der Waals surface area contributed by atoms with Crippen LogP contribution in [0.15, 0.2) is 29.3 Å². The maximum atomic E-state index is 12.3. The molecule has 122 valence electrons. The number of carbonyl (C=O) groups excluding carboxylic acids is 1. The van der Waals surface area contributed by atoms with Crippen molar-refractivity contribution >= 4 is 11.9 Å². The molecule has 22 heavy (non-hydrogen) atoms. The SMILES string of the molecule is CCOCCOC(=N[C@H](C)CC)NC(=O)c1ccccc1C. The molecule has 0 aromatic heterocycles. The van der Waals surface area contributed by atoms with Crippen molar-refractivity contribution in [2.24, 2.45) is 4.99 Å². The van der Waals surface area contributed by atoms with Gasteiger partial charge in [0.2, 0.25) is 0 Å². The number of amidine groups is 1. The second kappa shape index (κ2) is 9.95. The van der Waals surface area contributed by atoms with E-state index in [1.165, 1.54) is 0 Å². The monoisotopic (exact) mass is 306 g/mol. The van der Waals surface area contributed by atoms with Crippen LogP contribution in [0.2, 0.25) is 0 Å². The minimum absolute atomic E-state index is 0.0827. The van der Waals surface area contributed by atoms with Gasteiger partial charge in [-0.3, -0.25) is 10.1 Å². The first kappa shape index (κ1) is 18.2. The summed E-state index contributed by atoms with van der Waals surface area (Å²) >= 11 is 0. The molecule has 0 saturated carbocycles. The number of amides is 1. The van der Waals surface area contributed by atoms with Gasteiger partial charge in [0.05, 0.1) is 12.6 Å². The van der Waals surface area contributed by atoms with Gasteiger partial charge in [0.25, 0.3) is 11.9 Å². The van der Waals surface area contributed by atoms with E-state index in [1.54, 1.807) is 6.07 Å². The van der Waals surface area contributed by atoms with Crippen LogP contribution in [-0.2, 0) is 9.47 Å². The van der Waals surface area contributed by atoms with Crippen molar-refractivity contribution in [3.8, 4) is 0 Å². The van der Waals surface area contributed by atoms with E-state index in [9.17, 15) is 4.79 Å². The Bertz CT molecular complexity index is 500. The summed E-state index contributed by atoms with van der Waals surface area (Å²) in [6, 6.07) is 7.76. The fourth-order valence-corrected chi connectivity index (χ4v) is 1.73. The fraction of sp³-hybridized carbons (Fsp3) is 0.529. The van der Waals surface area contributed by atoms with Crippen LogP contribution in [0, 0.1) is 6.92 Å². The third kappa shape index (κ3) is 6.26. The molecule has 0 aliphatic rings. The number of aryl methyl sites for hydroxylation is 1. The lowest BCUT2D eigenvalue weighted by Gasteiger charge is -2.13. The Morgan fingerprint density at radius 1 is 1.27 bits per heavy atom. The van der Waals surface area contributed by atoms with E-state index >= 15 is 0 Å². The minimum Gasteiger partial charge on any atom is -0.463 e. The second-order valence-corrected chi connectivity index (χ2v) is 5.01. The van der Waals surface area contributed by atoms with Gasteiger partial charge in [0.1, 0.15) is 6.61 Å². The van der Waals surface area contributed by atoms with E-state index in [4.69, 9.17) is 9.47 Å². The number of hydrogen-bond donors (Lipinski definition) is 1. The summed E-state index contributed by atoms with van der Waals surface area (Å²) in [5, 5.41) is 2.75. The quantitative estimate of drug-likeness (QED) is 0.479. The molecule has 0 bridgehead atoms. The summed E-state index contributed by atoms with van der Waals surface area (Å²) in [6.45, 7) is 9.30. The molecular weight excluding hydrogens is 280 g/mol. The lowest BCUT2D eigenvalue weighted by molar-refractivity contribution is 0.0920. The van der Waals surface area contributed by atoms with Crippen molar-refractivity contribution in [2.75, 3.05) is 19.8 Å². The van der Waals surface area contributed by atoms with Crippen LogP contribution in [0.1, 0.15) is 43.1 Å². The molecule has 1 aromatic rings. The molecule has 1 N–H and O–H groups in total. The Kier molecular flexibility index (Phi) is 8.22. The normalized spacial score (nSPS) is 12.8. The van der Waals surface area contributed by atoms with Crippen LogP contribution < -0.4 is 5.32 Å². The number of aliphatic imine (C=N–C) groups is 1. The van der Waals surface area contributed by atoms with Crippen molar-refractivity contribution in [1.82, 2.24) is 5.32 Å². The summed E-state index contributed by atoms with van der Waals surface area (Å²) in [6.07, 6.45) is 0.874. The highest BCUT2D eigenvalue weighted by Gasteiger charge is 2.12. The summed E-state index contributed by atoms with van der Waals surface area (Å²) in [5.74, 6) is -0.212. The third-order valence-corrected chi connectivity index (χ3v) is 3.21. The molecule has 0 heterocycles. The van der Waals surface area contributed by atoms with E-state index < -0.39 is 0 Å². The number of benzene rings is 1. The van der Waals surface area contributed by atoms with Crippen LogP contribution in [0.5, 0.6) is 0 Å². The van der Waals surface area contributed by atoms with Gasteiger partial charge in [-0.05, 0) is 38.8 Å². The first-order valence-corrected chi connectivity index (χ1v) is 7.73. The van der Waals surface area contributed by atoms with Crippen molar-refractivity contribution < 1.29 is 14.3 Å². The molecule has 0 unspecified atom stereocenters. The molecule has 1 aromatic carbocycles. The smallest absolute Gasteiger partial charge is 0.292 e. The van der Waals surface area contributed by atoms with Gasteiger partial charge in [0.15, 0.2) is 0 Å². The molecule has 5 nitrogen and oxygen atoms in total. The first-order valence-electron chi connectivity index (χ1n) is 7.73. The Morgan fingerprint density at radius 2 is 2.00 bits per heavy atom. The van der Waals surface area contributed by atoms with Gasteiger partial charge in [-0.25, -0.2) is 4.99 Å². The van der Waals surface area contributed by atoms with Crippen molar-refractivity contribution in [3.63, 3.8) is 0 Å². The molecule has 0 radical (unpaired) electrons. The maximum absolute atomic E-state index is 12.3. The minimum atomic E-state index is -0.212. The number of nitrogens with zero attached hydrogens (tertiary/aromatic N) is 1. The zero-order chi connectivity index (χ0) is 16.4. The first-order chi connectivity index (χ1) is 10.6. The van der Waals surface area contributed by atoms with Crippen molar-refractivity contribution in [2.45, 2.75) is 40.2 Å². The van der Waals surface area contributed by atoms with Gasteiger partial charge in [-0.15, -0.1) is 0 Å². The Morgan fingerprint density at radius 3 is 2.64 bits per heavy atom. The van der Waals surface area contributed by atoms with Crippen LogP contribution in [0.3, 0.4) is 0 Å². The van der Waals surface area contributed by atoms with Crippen molar-refractivity contribution in [3.05, 3.63) is 35.4 Å². The highest BCUT2D eigenvalue weighted by atomic mass is 16.5. The van der Waals surface area contributed by atoms with E-state index in [-0.39, 0.29) is 18.0 Å². The van der Waals surface area contributed by atoms with E-state index in [2.05, 4.69) is 10.3 Å². The average Bonchev–Trinajstić information content (AvgIpc) is 2.51. The second-order valence-electron chi connectivity index (χ2n) is 5.01. The van der Waals surface area contributed by atoms with Crippen LogP contribution in [0.25, 0.3) is 0 Å². The number of nitrogens with one attached hydrogen (secondary N) is 1. The average molecular weight is 306 g/mol. The van der Waals surface area contributed by atoms with Gasteiger partial charge in [-0.2, -0.15) is 0 Å². The molecule has 0 fully saturated rings. The van der Waals surface area contributed by atoms with Crippen LogP contribution in [-0.4, -0.2) is 37.8 Å². The standard InChI is InChI=1S/C17H26N2O3/c1-5-14(4)18-17(22-12-11-21-6-2)19-16(20)15-10-8-7-9-13(15)3/h7-10,14H,5-6,11-12H2,1-4H3,(H,18,19,20)/t14-/m1/s1. The zero-order valence-electron chi connectivity index (χ0n) is 13.9. The third-order valence-electron chi connectivity index (χ3n) is 3.21. The Hall–Kier alpha value is -1.88. The van der Waals surface area contributed by atoms with Crippen molar-refractivity contribution in [1.29, 1.82) is 0 Å². The zero-order valence-corrected chi connectivity index (χ0v) is 13.9. The molecule has 1 atom stereocenters. The molecule has 0 saturated heterocycles. The number of carbonyl (C=O) groups is 1. The number of ether oxygens (including phenoxy) is 2. The van der Waals surface area contributed by atoms with Crippen LogP contribution >= 0.6 is 0 Å². The highest BCUT2D eigenvalue weighted by Crippen LogP contribution is 2.07. The summed E-state index contributed by atoms with van der Waals surface area (Å²) in [7, 11) is 0. The van der Waals surface area contributed by atoms with Gasteiger partial charge >= 0.3 is 0 Å². The van der Waals surface area contributed by atoms with Gasteiger partial charge in [0, 0.05) is 12.2 Å². The van der Waals surface area contributed by atoms with E-state index in [0.717, 1.165) is 12.0 Å². The lowest BCUT2D eigenvalue weighted by atomic mass is 10.1. The van der Waals surface area contributed by atoms with Gasteiger partial charge < -0.3 is 9.47 Å². The molecule has 0 spiro atoms. The van der Waals surface area contributed by atoms with Gasteiger partial charge in [-0.1, -0.05) is 25.1 Å². The predicted molar refractivity (Wildman–Crippen MR) is 88.3 cm³/mol. The number of rotatable bonds is 7. The summed E-state index contributed by atoms with van der Waals surface area (Å²) in [4.78, 5) is 16.7. The molecule has 1 amide bonds. The Labute approximate surface area is 132 Å². The van der Waals surface area contributed by atoms with Crippen LogP contribution in [0.4, 0.5) is 0 Å². The Balaban J connectivity index is 2.73. The molecule has 0 aliphatic carbocycles. The lowest BCUT2D eigenvalue weighted by Crippen LogP contribution is -2.34. The fourth-order valence-electron chi connectivity index (χ4n) is 1.73. The molecule has 1 rings (SSSR count). The molecule has 5 heteroatoms. The summed E-state index contributed by atoms with van der Waals surface area (Å²) < 4.78 is 10.8. The predicted octanol–water partition coefficient (Wildman–Crippen LogP) is 2.93. The molecular formula is C17H26N2O3. The maximum Gasteiger partial charge on any atom is 0.292 e. The summed E-state index contributed by atoms with van der Waals surface area (Å²) in [5.41, 5.74) is 1.53. The number of hydrogen-bond acceptors (Lipinski definition) is 4. The highest BCUT2D eigenvalue weighted by molar-refractivity contribution is 6.04. The molecule has 0 aliphatic heterocycles. The van der Waals surface area contributed by atoms with E-state index in [0.29, 0.717) is 25.4 Å².